The minimum atomic E-state index is -0.360. The predicted octanol–water partition coefficient (Wildman–Crippen LogP) is 2.96. The molecule has 1 aliphatic rings. The maximum atomic E-state index is 13.0. The fourth-order valence-corrected chi connectivity index (χ4v) is 1.48. The van der Waals surface area contributed by atoms with Crippen molar-refractivity contribution >= 4 is 21.6 Å². The summed E-state index contributed by atoms with van der Waals surface area (Å²) in [4.78, 5) is 0. The molecule has 2 rings (SSSR count). The molecule has 2 N–H and O–H groups in total. The number of hydrogen-bond acceptors (Lipinski definition) is 2. The molecular weight excluding hydrogens is 249 g/mol. The van der Waals surface area contributed by atoms with Gasteiger partial charge in [-0.25, -0.2) is 4.39 Å². The van der Waals surface area contributed by atoms with Gasteiger partial charge >= 0.3 is 0 Å². The zero-order chi connectivity index (χ0) is 10.1. The molecule has 0 aliphatic heterocycles. The summed E-state index contributed by atoms with van der Waals surface area (Å²) in [5, 5.41) is 0. The van der Waals surface area contributed by atoms with E-state index in [4.69, 9.17) is 10.5 Å². The Morgan fingerprint density at radius 2 is 2.21 bits per heavy atom. The summed E-state index contributed by atoms with van der Waals surface area (Å²) in [6.45, 7) is 0.683. The lowest BCUT2D eigenvalue weighted by molar-refractivity contribution is 0.301. The topological polar surface area (TPSA) is 35.2 Å². The van der Waals surface area contributed by atoms with Crippen LogP contribution in [0, 0.1) is 11.7 Å². The molecule has 0 atom stereocenters. The fourth-order valence-electron chi connectivity index (χ4n) is 1.16. The van der Waals surface area contributed by atoms with Gasteiger partial charge in [-0.05, 0) is 40.8 Å². The van der Waals surface area contributed by atoms with Crippen molar-refractivity contribution in [2.75, 3.05) is 12.3 Å². The molecule has 0 unspecified atom stereocenters. The van der Waals surface area contributed by atoms with Gasteiger partial charge in [0.2, 0.25) is 0 Å². The highest BCUT2D eigenvalue weighted by atomic mass is 79.9. The molecule has 0 aromatic heterocycles. The maximum Gasteiger partial charge on any atom is 0.143 e. The molecule has 0 spiro atoms. The van der Waals surface area contributed by atoms with E-state index in [1.807, 2.05) is 0 Å². The zero-order valence-electron chi connectivity index (χ0n) is 7.59. The van der Waals surface area contributed by atoms with Crippen molar-refractivity contribution in [1.82, 2.24) is 0 Å². The first-order valence-corrected chi connectivity index (χ1v) is 5.33. The summed E-state index contributed by atoms with van der Waals surface area (Å²) in [5.74, 6) is 0.865. The highest BCUT2D eigenvalue weighted by Crippen LogP contribution is 2.33. The number of rotatable bonds is 3. The van der Waals surface area contributed by atoms with Crippen molar-refractivity contribution in [2.24, 2.45) is 5.92 Å². The molecule has 0 radical (unpaired) electrons. The number of ether oxygens (including phenoxy) is 1. The molecular formula is C10H11BrFNO. The lowest BCUT2D eigenvalue weighted by Gasteiger charge is -2.08. The van der Waals surface area contributed by atoms with Gasteiger partial charge in [-0.2, -0.15) is 0 Å². The molecule has 0 heterocycles. The van der Waals surface area contributed by atoms with Gasteiger partial charge in [0.25, 0.3) is 0 Å². The van der Waals surface area contributed by atoms with Gasteiger partial charge in [0, 0.05) is 6.07 Å². The van der Waals surface area contributed by atoms with Crippen LogP contribution in [0.1, 0.15) is 12.8 Å². The number of nitrogen functional groups attached to an aromatic ring is 1. The fraction of sp³-hybridized carbons (Fsp3) is 0.400. The Morgan fingerprint density at radius 3 is 2.86 bits per heavy atom. The van der Waals surface area contributed by atoms with Crippen LogP contribution in [-0.4, -0.2) is 6.61 Å². The molecule has 1 aliphatic carbocycles. The average Bonchev–Trinajstić information content (AvgIpc) is 2.92. The summed E-state index contributed by atoms with van der Waals surface area (Å²) < 4.78 is 18.8. The van der Waals surface area contributed by atoms with E-state index in [9.17, 15) is 4.39 Å². The third kappa shape index (κ3) is 2.18. The lowest BCUT2D eigenvalue weighted by atomic mass is 10.3. The van der Waals surface area contributed by atoms with E-state index in [0.717, 1.165) is 0 Å². The van der Waals surface area contributed by atoms with Crippen LogP contribution in [0.3, 0.4) is 0 Å². The van der Waals surface area contributed by atoms with E-state index < -0.39 is 0 Å². The third-order valence-corrected chi connectivity index (χ3v) is 2.83. The average molecular weight is 260 g/mol. The minimum Gasteiger partial charge on any atom is -0.491 e. The van der Waals surface area contributed by atoms with Crippen molar-refractivity contribution in [3.8, 4) is 5.75 Å². The monoisotopic (exact) mass is 259 g/mol. The van der Waals surface area contributed by atoms with Gasteiger partial charge in [-0.3, -0.25) is 0 Å². The Bertz CT molecular complexity index is 352. The smallest absolute Gasteiger partial charge is 0.143 e. The lowest BCUT2D eigenvalue weighted by Crippen LogP contribution is -2.02. The Balaban J connectivity index is 2.10. The van der Waals surface area contributed by atoms with E-state index >= 15 is 0 Å². The van der Waals surface area contributed by atoms with Crippen LogP contribution >= 0.6 is 15.9 Å². The quantitative estimate of drug-likeness (QED) is 0.848. The molecule has 76 valence electrons. The summed E-state index contributed by atoms with van der Waals surface area (Å²) >= 11 is 3.09. The number of benzene rings is 1. The third-order valence-electron chi connectivity index (χ3n) is 2.22. The van der Waals surface area contributed by atoms with E-state index in [1.54, 1.807) is 6.07 Å². The van der Waals surface area contributed by atoms with E-state index in [0.29, 0.717) is 28.4 Å². The van der Waals surface area contributed by atoms with Gasteiger partial charge in [-0.15, -0.1) is 0 Å². The van der Waals surface area contributed by atoms with Crippen LogP contribution in [0.2, 0.25) is 0 Å². The molecule has 1 aromatic carbocycles. The van der Waals surface area contributed by atoms with Gasteiger partial charge in [0.15, 0.2) is 0 Å². The molecule has 1 aromatic rings. The molecule has 2 nitrogen and oxygen atoms in total. The van der Waals surface area contributed by atoms with Crippen LogP contribution in [0.4, 0.5) is 10.1 Å². The van der Waals surface area contributed by atoms with Crippen molar-refractivity contribution < 1.29 is 9.13 Å². The van der Waals surface area contributed by atoms with Crippen molar-refractivity contribution in [1.29, 1.82) is 0 Å². The molecule has 0 amide bonds. The van der Waals surface area contributed by atoms with Gasteiger partial charge in [0.05, 0.1) is 16.8 Å². The van der Waals surface area contributed by atoms with Crippen LogP contribution in [0.15, 0.2) is 16.6 Å². The van der Waals surface area contributed by atoms with Crippen LogP contribution < -0.4 is 10.5 Å². The Morgan fingerprint density at radius 1 is 1.50 bits per heavy atom. The molecule has 1 saturated carbocycles. The number of nitrogens with two attached hydrogens (primary N) is 1. The first kappa shape index (κ1) is 9.77. The van der Waals surface area contributed by atoms with Crippen molar-refractivity contribution in [3.63, 3.8) is 0 Å². The van der Waals surface area contributed by atoms with E-state index in [1.165, 1.54) is 18.9 Å². The first-order valence-electron chi connectivity index (χ1n) is 4.54. The number of hydrogen-bond donors (Lipinski definition) is 1. The summed E-state index contributed by atoms with van der Waals surface area (Å²) in [6.07, 6.45) is 2.45. The maximum absolute atomic E-state index is 13.0. The van der Waals surface area contributed by atoms with Crippen molar-refractivity contribution in [3.05, 3.63) is 22.4 Å². The second-order valence-corrected chi connectivity index (χ2v) is 4.41. The van der Waals surface area contributed by atoms with Crippen LogP contribution in [0.5, 0.6) is 5.75 Å². The zero-order valence-corrected chi connectivity index (χ0v) is 9.18. The Labute approximate surface area is 90.4 Å². The first-order chi connectivity index (χ1) is 6.66. The van der Waals surface area contributed by atoms with E-state index in [2.05, 4.69) is 15.9 Å². The second-order valence-electron chi connectivity index (χ2n) is 3.56. The summed E-state index contributed by atoms with van der Waals surface area (Å²) in [6, 6.07) is 2.85. The van der Waals surface area contributed by atoms with Gasteiger partial charge in [-0.1, -0.05) is 0 Å². The molecule has 4 heteroatoms. The molecule has 14 heavy (non-hydrogen) atoms. The largest absolute Gasteiger partial charge is 0.491 e. The minimum absolute atomic E-state index is 0.353. The molecule has 1 fully saturated rings. The molecule has 0 bridgehead atoms. The Kier molecular flexibility index (Phi) is 2.63. The van der Waals surface area contributed by atoms with Crippen LogP contribution in [0.25, 0.3) is 0 Å². The summed E-state index contributed by atoms with van der Waals surface area (Å²) in [7, 11) is 0. The highest BCUT2D eigenvalue weighted by molar-refractivity contribution is 9.10. The second kappa shape index (κ2) is 3.77. The molecule has 0 saturated heterocycles. The standard InChI is InChI=1S/C10H11BrFNO/c11-7-3-10(9(13)4-8(7)12)14-5-6-1-2-6/h3-4,6H,1-2,5,13H2. The Hall–Kier alpha value is -0.770. The SMILES string of the molecule is Nc1cc(F)c(Br)cc1OCC1CC1. The highest BCUT2D eigenvalue weighted by Gasteiger charge is 2.22. The van der Waals surface area contributed by atoms with Gasteiger partial charge in [0.1, 0.15) is 11.6 Å². The van der Waals surface area contributed by atoms with Crippen LogP contribution in [-0.2, 0) is 0 Å². The number of halogens is 2. The van der Waals surface area contributed by atoms with Crippen molar-refractivity contribution in [2.45, 2.75) is 12.8 Å². The normalized spacial score (nSPS) is 15.6. The summed E-state index contributed by atoms with van der Waals surface area (Å²) in [5.41, 5.74) is 5.96. The predicted molar refractivity (Wildman–Crippen MR) is 56.7 cm³/mol. The van der Waals surface area contributed by atoms with Gasteiger partial charge < -0.3 is 10.5 Å². The van der Waals surface area contributed by atoms with E-state index in [-0.39, 0.29) is 5.82 Å². The number of anilines is 1.